The van der Waals surface area contributed by atoms with Crippen LogP contribution in [0.25, 0.3) is 0 Å². The third-order valence-electron chi connectivity index (χ3n) is 11.2. The molecule has 7 nitrogen and oxygen atoms in total. The van der Waals surface area contributed by atoms with Gasteiger partial charge in [-0.1, -0.05) is 25.5 Å². The molecule has 4 aliphatic carbocycles. The Kier molecular flexibility index (Phi) is 7.19. The molecular weight excluding hydrogens is 480 g/mol. The highest BCUT2D eigenvalue weighted by Crippen LogP contribution is 2.67. The number of allylic oxidation sites excluding steroid dienone is 2. The SMILES string of the molecule is C[C@]12CC[C@H]3[C@@H](CCC4C[C@@H](OC(=O)NCCN5CCOCC5)CC[C@@]43C)C1=CC[C@@H]2c1ccc(=O)oc1. The van der Waals surface area contributed by atoms with Crippen LogP contribution in [0.5, 0.6) is 0 Å². The Labute approximate surface area is 226 Å². The molecule has 7 atom stereocenters. The zero-order chi connectivity index (χ0) is 26.3. The summed E-state index contributed by atoms with van der Waals surface area (Å²) in [6.07, 6.45) is 13.1. The number of carbonyl (C=O) groups is 1. The molecular formula is C31H44N2O5. The molecule has 1 saturated heterocycles. The Hall–Kier alpha value is -2.12. The first-order valence-corrected chi connectivity index (χ1v) is 14.9. The van der Waals surface area contributed by atoms with E-state index in [-0.39, 0.29) is 23.2 Å². The molecule has 6 rings (SSSR count). The molecule has 1 N–H and O–H groups in total. The molecule has 1 aromatic heterocycles. The molecule has 2 heterocycles. The minimum Gasteiger partial charge on any atom is -0.446 e. The second-order valence-electron chi connectivity index (χ2n) is 13.0. The number of rotatable bonds is 5. The van der Waals surface area contributed by atoms with Gasteiger partial charge in [-0.2, -0.15) is 0 Å². The smallest absolute Gasteiger partial charge is 0.407 e. The zero-order valence-corrected chi connectivity index (χ0v) is 23.1. The van der Waals surface area contributed by atoms with Gasteiger partial charge >= 0.3 is 11.7 Å². The van der Waals surface area contributed by atoms with Gasteiger partial charge in [0, 0.05) is 32.2 Å². The topological polar surface area (TPSA) is 81.0 Å². The molecule has 3 saturated carbocycles. The number of amides is 1. The fraction of sp³-hybridized carbons (Fsp3) is 0.742. The fourth-order valence-corrected chi connectivity index (χ4v) is 9.06. The summed E-state index contributed by atoms with van der Waals surface area (Å²) in [5.41, 5.74) is 3.03. The standard InChI is InChI=1S/C31H44N2O5/c1-30-11-9-23(38-29(35)32-13-14-33-15-17-36-18-16-33)19-22(30)4-5-24-26-7-6-25(21-3-8-28(34)37-20-21)31(26,2)12-10-27(24)30/h3,7-8,20,22-25,27H,4-6,9-19H2,1-2H3,(H,32,35)/t22?,23-,24-,25+,27-,30-,31+/m0/s1. The first kappa shape index (κ1) is 26.1. The van der Waals surface area contributed by atoms with Crippen LogP contribution < -0.4 is 10.9 Å². The summed E-state index contributed by atoms with van der Waals surface area (Å²) in [5.74, 6) is 2.38. The van der Waals surface area contributed by atoms with Gasteiger partial charge in [0.15, 0.2) is 0 Å². The highest BCUT2D eigenvalue weighted by atomic mass is 16.6. The molecule has 208 valence electrons. The van der Waals surface area contributed by atoms with E-state index in [4.69, 9.17) is 13.9 Å². The first-order valence-electron chi connectivity index (χ1n) is 14.9. The number of hydrogen-bond acceptors (Lipinski definition) is 6. The lowest BCUT2D eigenvalue weighted by Crippen LogP contribution is -2.52. The molecule has 1 aliphatic heterocycles. The monoisotopic (exact) mass is 524 g/mol. The lowest BCUT2D eigenvalue weighted by Gasteiger charge is -2.59. The van der Waals surface area contributed by atoms with Crippen molar-refractivity contribution in [3.05, 3.63) is 46.0 Å². The summed E-state index contributed by atoms with van der Waals surface area (Å²) in [5, 5.41) is 2.98. The van der Waals surface area contributed by atoms with Gasteiger partial charge in [0.2, 0.25) is 0 Å². The number of nitrogens with zero attached hydrogens (tertiary/aromatic N) is 1. The Bertz CT molecular complexity index is 1090. The minimum atomic E-state index is -0.273. The van der Waals surface area contributed by atoms with Crippen LogP contribution in [0.1, 0.15) is 76.7 Å². The van der Waals surface area contributed by atoms with Crippen LogP contribution in [0.4, 0.5) is 4.79 Å². The average molecular weight is 525 g/mol. The third kappa shape index (κ3) is 4.74. The van der Waals surface area contributed by atoms with Gasteiger partial charge in [-0.05, 0) is 97.5 Å². The number of hydrogen-bond donors (Lipinski definition) is 1. The lowest BCUT2D eigenvalue weighted by molar-refractivity contribution is -0.0842. The molecule has 4 fully saturated rings. The summed E-state index contributed by atoms with van der Waals surface area (Å²) in [6.45, 7) is 9.88. The van der Waals surface area contributed by atoms with Crippen molar-refractivity contribution in [1.29, 1.82) is 0 Å². The first-order chi connectivity index (χ1) is 18.4. The van der Waals surface area contributed by atoms with Crippen LogP contribution in [0.3, 0.4) is 0 Å². The third-order valence-corrected chi connectivity index (χ3v) is 11.2. The van der Waals surface area contributed by atoms with Gasteiger partial charge in [0.05, 0.1) is 19.5 Å². The summed E-state index contributed by atoms with van der Waals surface area (Å²) in [4.78, 5) is 26.4. The Morgan fingerprint density at radius 3 is 2.76 bits per heavy atom. The number of alkyl carbamates (subject to hydrolysis) is 1. The van der Waals surface area contributed by atoms with Crippen molar-refractivity contribution >= 4 is 6.09 Å². The summed E-state index contributed by atoms with van der Waals surface area (Å²) < 4.78 is 16.6. The molecule has 5 aliphatic rings. The lowest BCUT2D eigenvalue weighted by atomic mass is 9.46. The van der Waals surface area contributed by atoms with Gasteiger partial charge in [0.25, 0.3) is 0 Å². The van der Waals surface area contributed by atoms with Gasteiger partial charge in [-0.25, -0.2) is 9.59 Å². The predicted octanol–water partition coefficient (Wildman–Crippen LogP) is 5.11. The summed E-state index contributed by atoms with van der Waals surface area (Å²) in [6, 6.07) is 3.54. The van der Waals surface area contributed by atoms with E-state index in [2.05, 4.69) is 30.1 Å². The Morgan fingerprint density at radius 2 is 1.97 bits per heavy atom. The fourth-order valence-electron chi connectivity index (χ4n) is 9.06. The molecule has 0 bridgehead atoms. The maximum Gasteiger partial charge on any atom is 0.407 e. The van der Waals surface area contributed by atoms with Crippen molar-refractivity contribution in [3.8, 4) is 0 Å². The quantitative estimate of drug-likeness (QED) is 0.539. The van der Waals surface area contributed by atoms with E-state index in [1.54, 1.807) is 17.9 Å². The predicted molar refractivity (Wildman–Crippen MR) is 145 cm³/mol. The summed E-state index contributed by atoms with van der Waals surface area (Å²) in [7, 11) is 0. The number of carbonyl (C=O) groups excluding carboxylic acids is 1. The largest absolute Gasteiger partial charge is 0.446 e. The van der Waals surface area contributed by atoms with Crippen LogP contribution in [0.15, 0.2) is 39.3 Å². The molecule has 38 heavy (non-hydrogen) atoms. The van der Waals surface area contributed by atoms with Crippen molar-refractivity contribution in [3.63, 3.8) is 0 Å². The molecule has 0 radical (unpaired) electrons. The normalized spacial score (nSPS) is 38.9. The second kappa shape index (κ2) is 10.5. The highest BCUT2D eigenvalue weighted by Gasteiger charge is 2.58. The van der Waals surface area contributed by atoms with Crippen LogP contribution in [-0.2, 0) is 9.47 Å². The van der Waals surface area contributed by atoms with E-state index >= 15 is 0 Å². The van der Waals surface area contributed by atoms with Crippen molar-refractivity contribution in [2.45, 2.75) is 77.2 Å². The van der Waals surface area contributed by atoms with Gasteiger partial charge in [-0.3, -0.25) is 4.90 Å². The van der Waals surface area contributed by atoms with E-state index in [9.17, 15) is 9.59 Å². The van der Waals surface area contributed by atoms with Gasteiger partial charge in [0.1, 0.15) is 6.10 Å². The van der Waals surface area contributed by atoms with Gasteiger partial charge in [-0.15, -0.1) is 0 Å². The van der Waals surface area contributed by atoms with E-state index in [1.165, 1.54) is 25.7 Å². The van der Waals surface area contributed by atoms with E-state index in [0.29, 0.717) is 35.6 Å². The molecule has 7 heteroatoms. The molecule has 0 spiro atoms. The minimum absolute atomic E-state index is 0.0321. The van der Waals surface area contributed by atoms with Crippen LogP contribution >= 0.6 is 0 Å². The highest BCUT2D eigenvalue weighted by molar-refractivity contribution is 5.67. The zero-order valence-electron chi connectivity index (χ0n) is 23.1. The number of nitrogens with one attached hydrogen (secondary N) is 1. The molecule has 0 aromatic carbocycles. The Morgan fingerprint density at radius 1 is 1.13 bits per heavy atom. The number of fused-ring (bicyclic) bond motifs is 5. The van der Waals surface area contributed by atoms with Crippen molar-refractivity contribution < 1.29 is 18.7 Å². The van der Waals surface area contributed by atoms with E-state index < -0.39 is 0 Å². The second-order valence-corrected chi connectivity index (χ2v) is 13.0. The van der Waals surface area contributed by atoms with E-state index in [0.717, 1.165) is 64.1 Å². The average Bonchev–Trinajstić information content (AvgIpc) is 3.27. The van der Waals surface area contributed by atoms with Crippen molar-refractivity contribution in [1.82, 2.24) is 10.2 Å². The number of morpholine rings is 1. The molecule has 1 aromatic rings. The van der Waals surface area contributed by atoms with Crippen LogP contribution in [0, 0.1) is 28.6 Å². The Balaban J connectivity index is 1.05. The van der Waals surface area contributed by atoms with E-state index in [1.807, 2.05) is 6.07 Å². The maximum absolute atomic E-state index is 12.5. The van der Waals surface area contributed by atoms with Crippen LogP contribution in [0.2, 0.25) is 0 Å². The maximum atomic E-state index is 12.5. The van der Waals surface area contributed by atoms with Gasteiger partial charge < -0.3 is 19.2 Å². The van der Waals surface area contributed by atoms with Crippen molar-refractivity contribution in [2.75, 3.05) is 39.4 Å². The van der Waals surface area contributed by atoms with Crippen molar-refractivity contribution in [2.24, 2.45) is 28.6 Å². The van der Waals surface area contributed by atoms with Crippen LogP contribution in [-0.4, -0.2) is 56.5 Å². The molecule has 1 amide bonds. The molecule has 1 unspecified atom stereocenters. The summed E-state index contributed by atoms with van der Waals surface area (Å²) >= 11 is 0. The number of ether oxygens (including phenoxy) is 2.